The number of pyridine rings is 1. The average Bonchev–Trinajstić information content (AvgIpc) is 2.78. The van der Waals surface area contributed by atoms with Crippen molar-refractivity contribution in [2.24, 2.45) is 0 Å². The molecule has 4 nitrogen and oxygen atoms in total. The van der Waals surface area contributed by atoms with Gasteiger partial charge in [0.05, 0.1) is 12.6 Å². The van der Waals surface area contributed by atoms with Crippen LogP contribution in [0.25, 0.3) is 16.9 Å². The van der Waals surface area contributed by atoms with E-state index in [0.717, 1.165) is 16.8 Å². The molecule has 1 aromatic carbocycles. The van der Waals surface area contributed by atoms with Gasteiger partial charge in [-0.1, -0.05) is 6.07 Å². The Labute approximate surface area is 118 Å². The molecule has 0 aliphatic carbocycles. The molecule has 3 rings (SSSR count). The van der Waals surface area contributed by atoms with Gasteiger partial charge in [0.15, 0.2) is 5.88 Å². The number of aromatic nitrogens is 2. The maximum absolute atomic E-state index is 10.0. The van der Waals surface area contributed by atoms with Crippen LogP contribution in [0.4, 0.5) is 0 Å². The van der Waals surface area contributed by atoms with E-state index in [1.807, 2.05) is 30.3 Å². The van der Waals surface area contributed by atoms with Crippen LogP contribution in [0, 0.1) is 0 Å². The summed E-state index contributed by atoms with van der Waals surface area (Å²) in [4.78, 5) is 4.46. The lowest BCUT2D eigenvalue weighted by Gasteiger charge is -2.04. The molecule has 5 heteroatoms. The minimum absolute atomic E-state index is 0.154. The molecule has 0 atom stereocenters. The standard InChI is InChI=1S/C14H11BrN2O2/c1-19-10-7-5-9(6-8-10)14-16-13(15)11-3-2-4-12(18)17(11)14/h2-8,18H,1H3. The van der Waals surface area contributed by atoms with Gasteiger partial charge in [-0.2, -0.15) is 0 Å². The SMILES string of the molecule is COc1ccc(-c2nc(Br)c3cccc(O)n23)cc1. The zero-order chi connectivity index (χ0) is 13.4. The van der Waals surface area contributed by atoms with Crippen molar-refractivity contribution >= 4 is 21.4 Å². The largest absolute Gasteiger partial charge is 0.497 e. The fraction of sp³-hybridized carbons (Fsp3) is 0.0714. The zero-order valence-electron chi connectivity index (χ0n) is 10.2. The lowest BCUT2D eigenvalue weighted by molar-refractivity contribution is 0.415. The fourth-order valence-electron chi connectivity index (χ4n) is 2.02. The smallest absolute Gasteiger partial charge is 0.197 e. The highest BCUT2D eigenvalue weighted by molar-refractivity contribution is 9.10. The van der Waals surface area contributed by atoms with Crippen molar-refractivity contribution in [3.05, 3.63) is 47.1 Å². The number of methoxy groups -OCH3 is 1. The minimum atomic E-state index is 0.154. The van der Waals surface area contributed by atoms with E-state index >= 15 is 0 Å². The summed E-state index contributed by atoms with van der Waals surface area (Å²) in [5.74, 6) is 1.62. The van der Waals surface area contributed by atoms with Gasteiger partial charge < -0.3 is 9.84 Å². The Morgan fingerprint density at radius 2 is 1.89 bits per heavy atom. The Balaban J connectivity index is 2.24. The Morgan fingerprint density at radius 1 is 1.16 bits per heavy atom. The number of rotatable bonds is 2. The van der Waals surface area contributed by atoms with E-state index in [1.54, 1.807) is 23.6 Å². The third-order valence-electron chi connectivity index (χ3n) is 2.94. The molecule has 0 fully saturated rings. The number of fused-ring (bicyclic) bond motifs is 1. The number of nitrogens with zero attached hydrogens (tertiary/aromatic N) is 2. The van der Waals surface area contributed by atoms with Crippen LogP contribution in [0.1, 0.15) is 0 Å². The number of benzene rings is 1. The Morgan fingerprint density at radius 3 is 2.58 bits per heavy atom. The van der Waals surface area contributed by atoms with E-state index in [-0.39, 0.29) is 5.88 Å². The van der Waals surface area contributed by atoms with E-state index in [4.69, 9.17) is 4.74 Å². The van der Waals surface area contributed by atoms with Gasteiger partial charge in [0, 0.05) is 5.56 Å². The minimum Gasteiger partial charge on any atom is -0.497 e. The number of imidazole rings is 1. The first-order valence-corrected chi connectivity index (χ1v) is 6.50. The summed E-state index contributed by atoms with van der Waals surface area (Å²) < 4.78 is 7.54. The Kier molecular flexibility index (Phi) is 2.91. The van der Waals surface area contributed by atoms with Crippen LogP contribution in [0.3, 0.4) is 0 Å². The van der Waals surface area contributed by atoms with Gasteiger partial charge in [0.1, 0.15) is 16.2 Å². The molecule has 0 saturated heterocycles. The van der Waals surface area contributed by atoms with E-state index in [9.17, 15) is 5.11 Å². The maximum Gasteiger partial charge on any atom is 0.197 e. The first kappa shape index (κ1) is 12.0. The van der Waals surface area contributed by atoms with Crippen LogP contribution >= 0.6 is 15.9 Å². The van der Waals surface area contributed by atoms with Gasteiger partial charge in [-0.05, 0) is 52.3 Å². The van der Waals surface area contributed by atoms with Crippen LogP contribution in [0.2, 0.25) is 0 Å². The molecule has 96 valence electrons. The lowest BCUT2D eigenvalue weighted by Crippen LogP contribution is -1.90. The van der Waals surface area contributed by atoms with Gasteiger partial charge >= 0.3 is 0 Å². The summed E-state index contributed by atoms with van der Waals surface area (Å²) in [5, 5.41) is 10.0. The summed E-state index contributed by atoms with van der Waals surface area (Å²) in [6, 6.07) is 12.9. The maximum atomic E-state index is 10.0. The van der Waals surface area contributed by atoms with Crippen molar-refractivity contribution in [3.8, 4) is 23.0 Å². The van der Waals surface area contributed by atoms with Gasteiger partial charge in [0.2, 0.25) is 0 Å². The van der Waals surface area contributed by atoms with E-state index in [2.05, 4.69) is 20.9 Å². The topological polar surface area (TPSA) is 46.8 Å². The molecule has 0 bridgehead atoms. The first-order valence-electron chi connectivity index (χ1n) is 5.71. The van der Waals surface area contributed by atoms with Crippen molar-refractivity contribution in [1.82, 2.24) is 9.38 Å². The highest BCUT2D eigenvalue weighted by atomic mass is 79.9. The van der Waals surface area contributed by atoms with Crippen molar-refractivity contribution in [3.63, 3.8) is 0 Å². The molecule has 0 unspecified atom stereocenters. The molecular weight excluding hydrogens is 308 g/mol. The van der Waals surface area contributed by atoms with Crippen molar-refractivity contribution in [2.45, 2.75) is 0 Å². The lowest BCUT2D eigenvalue weighted by atomic mass is 10.2. The number of halogens is 1. The van der Waals surface area contributed by atoms with Gasteiger partial charge in [-0.15, -0.1) is 0 Å². The predicted octanol–water partition coefficient (Wildman–Crippen LogP) is 3.48. The molecule has 2 heterocycles. The molecule has 0 radical (unpaired) electrons. The van der Waals surface area contributed by atoms with Crippen molar-refractivity contribution in [1.29, 1.82) is 0 Å². The quantitative estimate of drug-likeness (QED) is 0.787. The average molecular weight is 319 g/mol. The monoisotopic (exact) mass is 318 g/mol. The number of hydrogen-bond acceptors (Lipinski definition) is 3. The predicted molar refractivity (Wildman–Crippen MR) is 76.5 cm³/mol. The fourth-order valence-corrected chi connectivity index (χ4v) is 2.49. The van der Waals surface area contributed by atoms with Gasteiger partial charge in [-0.25, -0.2) is 4.98 Å². The second-order valence-electron chi connectivity index (χ2n) is 4.06. The molecule has 19 heavy (non-hydrogen) atoms. The second kappa shape index (κ2) is 4.59. The molecule has 3 aromatic rings. The third-order valence-corrected chi connectivity index (χ3v) is 3.53. The third kappa shape index (κ3) is 1.96. The van der Waals surface area contributed by atoms with Crippen LogP contribution in [-0.4, -0.2) is 21.6 Å². The van der Waals surface area contributed by atoms with Crippen molar-refractivity contribution < 1.29 is 9.84 Å². The van der Waals surface area contributed by atoms with E-state index in [0.29, 0.717) is 10.4 Å². The molecule has 2 aromatic heterocycles. The van der Waals surface area contributed by atoms with Crippen LogP contribution < -0.4 is 4.74 Å². The van der Waals surface area contributed by atoms with E-state index < -0.39 is 0 Å². The summed E-state index contributed by atoms with van der Waals surface area (Å²) in [7, 11) is 1.63. The number of hydrogen-bond donors (Lipinski definition) is 1. The molecule has 0 aliphatic rings. The summed E-state index contributed by atoms with van der Waals surface area (Å²) >= 11 is 3.41. The zero-order valence-corrected chi connectivity index (χ0v) is 11.8. The molecular formula is C14H11BrN2O2. The molecule has 1 N–H and O–H groups in total. The summed E-state index contributed by atoms with van der Waals surface area (Å²) in [6.45, 7) is 0. The van der Waals surface area contributed by atoms with Crippen LogP contribution in [-0.2, 0) is 0 Å². The van der Waals surface area contributed by atoms with Gasteiger partial charge in [0.25, 0.3) is 0 Å². The molecule has 0 saturated carbocycles. The van der Waals surface area contributed by atoms with E-state index in [1.165, 1.54) is 0 Å². The van der Waals surface area contributed by atoms with Crippen molar-refractivity contribution in [2.75, 3.05) is 7.11 Å². The molecule has 0 amide bonds. The van der Waals surface area contributed by atoms with Crippen LogP contribution in [0.5, 0.6) is 11.6 Å². The number of aromatic hydroxyl groups is 1. The molecule has 0 aliphatic heterocycles. The van der Waals surface area contributed by atoms with Gasteiger partial charge in [-0.3, -0.25) is 4.40 Å². The highest BCUT2D eigenvalue weighted by Crippen LogP contribution is 2.30. The second-order valence-corrected chi connectivity index (χ2v) is 4.81. The molecule has 0 spiro atoms. The summed E-state index contributed by atoms with van der Waals surface area (Å²) in [6.07, 6.45) is 0. The van der Waals surface area contributed by atoms with Crippen LogP contribution in [0.15, 0.2) is 47.1 Å². The Hall–Kier alpha value is -2.01. The Bertz CT molecular complexity index is 735. The highest BCUT2D eigenvalue weighted by Gasteiger charge is 2.13. The normalized spacial score (nSPS) is 10.8. The first-order chi connectivity index (χ1) is 9.20. The number of ether oxygens (including phenoxy) is 1. The summed E-state index contributed by atoms with van der Waals surface area (Å²) in [5.41, 5.74) is 1.73.